The van der Waals surface area contributed by atoms with Crippen molar-refractivity contribution in [2.75, 3.05) is 13.7 Å². The van der Waals surface area contributed by atoms with Gasteiger partial charge in [-0.05, 0) is 25.6 Å². The van der Waals surface area contributed by atoms with E-state index in [0.29, 0.717) is 0 Å². The summed E-state index contributed by atoms with van der Waals surface area (Å²) in [6.07, 6.45) is 0. The average Bonchev–Trinajstić information content (AvgIpc) is 2.75. The monoisotopic (exact) mass is 259 g/mol. The van der Waals surface area contributed by atoms with E-state index >= 15 is 0 Å². The van der Waals surface area contributed by atoms with Gasteiger partial charge in [0, 0.05) is 12.6 Å². The van der Waals surface area contributed by atoms with Crippen molar-refractivity contribution in [2.24, 2.45) is 7.05 Å². The molecule has 1 atom stereocenters. The van der Waals surface area contributed by atoms with Crippen molar-refractivity contribution in [3.8, 4) is 5.75 Å². The Morgan fingerprint density at radius 3 is 2.68 bits per heavy atom. The summed E-state index contributed by atoms with van der Waals surface area (Å²) in [6.45, 7) is 4.99. The minimum absolute atomic E-state index is 0.0901. The number of aromatic nitrogens is 2. The third-order valence-electron chi connectivity index (χ3n) is 3.19. The summed E-state index contributed by atoms with van der Waals surface area (Å²) in [7, 11) is 3.68. The molecule has 4 nitrogen and oxygen atoms in total. The predicted octanol–water partition coefficient (Wildman–Crippen LogP) is 2.44. The van der Waals surface area contributed by atoms with Crippen LogP contribution in [0.25, 0.3) is 0 Å². The summed E-state index contributed by atoms with van der Waals surface area (Å²) in [5.74, 6) is 0.896. The molecule has 0 amide bonds. The molecule has 1 unspecified atom stereocenters. The fraction of sp³-hybridized carbons (Fsp3) is 0.400. The van der Waals surface area contributed by atoms with E-state index in [0.717, 1.165) is 29.2 Å². The van der Waals surface area contributed by atoms with Crippen LogP contribution in [0.3, 0.4) is 0 Å². The predicted molar refractivity (Wildman–Crippen MR) is 76.5 cm³/mol. The molecule has 1 N–H and O–H groups in total. The van der Waals surface area contributed by atoms with Gasteiger partial charge in [-0.25, -0.2) is 0 Å². The maximum atomic E-state index is 5.47. The van der Waals surface area contributed by atoms with E-state index in [9.17, 15) is 0 Å². The Morgan fingerprint density at radius 1 is 1.37 bits per heavy atom. The normalized spacial score (nSPS) is 12.4. The second-order valence-corrected chi connectivity index (χ2v) is 4.57. The van der Waals surface area contributed by atoms with Crippen molar-refractivity contribution in [3.63, 3.8) is 0 Å². The summed E-state index contributed by atoms with van der Waals surface area (Å²) in [5.41, 5.74) is 3.30. The van der Waals surface area contributed by atoms with Gasteiger partial charge in [0.1, 0.15) is 5.75 Å². The molecule has 0 aliphatic rings. The number of benzene rings is 1. The van der Waals surface area contributed by atoms with Crippen LogP contribution in [-0.2, 0) is 7.05 Å². The van der Waals surface area contributed by atoms with Crippen LogP contribution in [0.4, 0.5) is 0 Å². The van der Waals surface area contributed by atoms with Crippen LogP contribution in [0, 0.1) is 6.92 Å². The Hall–Kier alpha value is -1.81. The molecule has 2 rings (SSSR count). The van der Waals surface area contributed by atoms with Gasteiger partial charge in [-0.3, -0.25) is 4.68 Å². The number of hydrogen-bond acceptors (Lipinski definition) is 3. The minimum atomic E-state index is 0.0901. The third kappa shape index (κ3) is 2.79. The highest BCUT2D eigenvalue weighted by atomic mass is 16.5. The van der Waals surface area contributed by atoms with Crippen LogP contribution in [0.15, 0.2) is 30.3 Å². The first kappa shape index (κ1) is 13.6. The Kier molecular flexibility index (Phi) is 4.22. The van der Waals surface area contributed by atoms with E-state index < -0.39 is 0 Å². The molecule has 19 heavy (non-hydrogen) atoms. The Morgan fingerprint density at radius 2 is 2.11 bits per heavy atom. The molecule has 0 saturated heterocycles. The number of rotatable bonds is 5. The molecule has 0 aliphatic heterocycles. The zero-order valence-electron chi connectivity index (χ0n) is 12.0. The number of para-hydroxylation sites is 1. The highest BCUT2D eigenvalue weighted by Crippen LogP contribution is 2.29. The highest BCUT2D eigenvalue weighted by molar-refractivity contribution is 5.40. The van der Waals surface area contributed by atoms with Gasteiger partial charge in [0.15, 0.2) is 0 Å². The zero-order chi connectivity index (χ0) is 13.8. The van der Waals surface area contributed by atoms with Crippen LogP contribution in [0.5, 0.6) is 5.75 Å². The lowest BCUT2D eigenvalue weighted by Crippen LogP contribution is -2.24. The fourth-order valence-corrected chi connectivity index (χ4v) is 2.38. The van der Waals surface area contributed by atoms with Crippen molar-refractivity contribution >= 4 is 0 Å². The Bertz CT molecular complexity index is 548. The molecular formula is C15H21N3O. The quantitative estimate of drug-likeness (QED) is 0.896. The van der Waals surface area contributed by atoms with Gasteiger partial charge in [-0.1, -0.05) is 25.1 Å². The number of ether oxygens (including phenoxy) is 1. The summed E-state index contributed by atoms with van der Waals surface area (Å²) < 4.78 is 7.40. The molecule has 0 spiro atoms. The van der Waals surface area contributed by atoms with Crippen molar-refractivity contribution in [2.45, 2.75) is 19.9 Å². The summed E-state index contributed by atoms with van der Waals surface area (Å²) in [6, 6.07) is 10.3. The summed E-state index contributed by atoms with van der Waals surface area (Å²) in [5, 5.41) is 7.93. The SMILES string of the molecule is CCNC(c1ccccc1OC)c1cc(C)nn1C. The Balaban J connectivity index is 2.48. The van der Waals surface area contributed by atoms with Gasteiger partial charge < -0.3 is 10.1 Å². The molecule has 1 heterocycles. The number of aryl methyl sites for hydroxylation is 2. The van der Waals surface area contributed by atoms with Crippen molar-refractivity contribution < 1.29 is 4.74 Å². The van der Waals surface area contributed by atoms with Crippen molar-refractivity contribution in [1.82, 2.24) is 15.1 Å². The maximum Gasteiger partial charge on any atom is 0.124 e. The molecule has 0 radical (unpaired) electrons. The van der Waals surface area contributed by atoms with Crippen LogP contribution in [-0.4, -0.2) is 23.4 Å². The maximum absolute atomic E-state index is 5.47. The van der Waals surface area contributed by atoms with Gasteiger partial charge >= 0.3 is 0 Å². The average molecular weight is 259 g/mol. The highest BCUT2D eigenvalue weighted by Gasteiger charge is 2.20. The van der Waals surface area contributed by atoms with E-state index in [1.54, 1.807) is 7.11 Å². The Labute approximate surface area is 114 Å². The molecule has 0 saturated carbocycles. The lowest BCUT2D eigenvalue weighted by Gasteiger charge is -2.20. The smallest absolute Gasteiger partial charge is 0.124 e. The lowest BCUT2D eigenvalue weighted by molar-refractivity contribution is 0.403. The van der Waals surface area contributed by atoms with Crippen LogP contribution >= 0.6 is 0 Å². The standard InChI is InChI=1S/C15H21N3O/c1-5-16-15(13-10-11(2)17-18(13)3)12-8-6-7-9-14(12)19-4/h6-10,15-16H,5H2,1-4H3. The molecule has 102 valence electrons. The topological polar surface area (TPSA) is 39.1 Å². The molecule has 0 bridgehead atoms. The van der Waals surface area contributed by atoms with Gasteiger partial charge in [-0.2, -0.15) is 5.10 Å². The van der Waals surface area contributed by atoms with Crippen molar-refractivity contribution in [1.29, 1.82) is 0 Å². The lowest BCUT2D eigenvalue weighted by atomic mass is 10.0. The molecule has 0 fully saturated rings. The third-order valence-corrected chi connectivity index (χ3v) is 3.19. The van der Waals surface area contributed by atoms with E-state index in [-0.39, 0.29) is 6.04 Å². The first-order valence-corrected chi connectivity index (χ1v) is 6.54. The van der Waals surface area contributed by atoms with Crippen LogP contribution in [0.1, 0.15) is 29.9 Å². The van der Waals surface area contributed by atoms with Crippen LogP contribution in [0.2, 0.25) is 0 Å². The number of nitrogens with one attached hydrogen (secondary N) is 1. The van der Waals surface area contributed by atoms with Gasteiger partial charge in [-0.15, -0.1) is 0 Å². The first-order valence-electron chi connectivity index (χ1n) is 6.54. The molecule has 1 aromatic carbocycles. The molecule has 2 aromatic rings. The first-order chi connectivity index (χ1) is 9.17. The number of methoxy groups -OCH3 is 1. The molecule has 4 heteroatoms. The van der Waals surface area contributed by atoms with E-state index in [2.05, 4.69) is 29.5 Å². The molecule has 0 aliphatic carbocycles. The summed E-state index contributed by atoms with van der Waals surface area (Å²) in [4.78, 5) is 0. The van der Waals surface area contributed by atoms with E-state index in [1.807, 2.05) is 36.9 Å². The van der Waals surface area contributed by atoms with E-state index in [1.165, 1.54) is 0 Å². The number of hydrogen-bond donors (Lipinski definition) is 1. The van der Waals surface area contributed by atoms with Crippen LogP contribution < -0.4 is 10.1 Å². The second-order valence-electron chi connectivity index (χ2n) is 4.57. The molecular weight excluding hydrogens is 238 g/mol. The summed E-state index contributed by atoms with van der Waals surface area (Å²) >= 11 is 0. The van der Waals surface area contributed by atoms with Gasteiger partial charge in [0.05, 0.1) is 24.5 Å². The zero-order valence-corrected chi connectivity index (χ0v) is 12.0. The largest absolute Gasteiger partial charge is 0.496 e. The van der Waals surface area contributed by atoms with E-state index in [4.69, 9.17) is 4.74 Å². The van der Waals surface area contributed by atoms with Gasteiger partial charge in [0.2, 0.25) is 0 Å². The van der Waals surface area contributed by atoms with Crippen molar-refractivity contribution in [3.05, 3.63) is 47.3 Å². The van der Waals surface area contributed by atoms with Gasteiger partial charge in [0.25, 0.3) is 0 Å². The minimum Gasteiger partial charge on any atom is -0.496 e. The molecule has 1 aromatic heterocycles. The fourth-order valence-electron chi connectivity index (χ4n) is 2.38. The number of nitrogens with zero attached hydrogens (tertiary/aromatic N) is 2. The second kappa shape index (κ2) is 5.89.